The molecule has 8 nitrogen and oxygen atoms in total. The summed E-state index contributed by atoms with van der Waals surface area (Å²) in [6, 6.07) is 5.31. The van der Waals surface area contributed by atoms with Crippen LogP contribution >= 0.6 is 11.3 Å². The molecular weight excluding hydrogens is 414 g/mol. The molecule has 1 N–H and O–H groups in total. The molecule has 3 aromatic heterocycles. The maximum absolute atomic E-state index is 12.7. The lowest BCUT2D eigenvalue weighted by Gasteiger charge is -2.44. The molecular formula is C22H23N5O3S. The van der Waals surface area contributed by atoms with E-state index < -0.39 is 0 Å². The molecule has 31 heavy (non-hydrogen) atoms. The summed E-state index contributed by atoms with van der Waals surface area (Å²) in [6.07, 6.45) is 8.59. The fourth-order valence-electron chi connectivity index (χ4n) is 4.41. The molecule has 0 atom stereocenters. The largest absolute Gasteiger partial charge is 0.370 e. The molecule has 0 aromatic carbocycles. The van der Waals surface area contributed by atoms with E-state index in [2.05, 4.69) is 26.2 Å². The average molecular weight is 438 g/mol. The maximum atomic E-state index is 12.7. The van der Waals surface area contributed by atoms with Crippen LogP contribution in [0.5, 0.6) is 0 Å². The molecule has 0 radical (unpaired) electrons. The van der Waals surface area contributed by atoms with Crippen molar-refractivity contribution in [1.29, 1.82) is 0 Å². The highest BCUT2D eigenvalue weighted by atomic mass is 32.1. The van der Waals surface area contributed by atoms with Crippen LogP contribution in [0, 0.1) is 0 Å². The van der Waals surface area contributed by atoms with Gasteiger partial charge in [0.05, 0.1) is 34.7 Å². The molecule has 0 aliphatic carbocycles. The number of piperidine rings is 1. The quantitative estimate of drug-likeness (QED) is 0.672. The van der Waals surface area contributed by atoms with E-state index in [1.807, 2.05) is 4.90 Å². The van der Waals surface area contributed by atoms with Crippen LogP contribution in [0.4, 0.5) is 0 Å². The molecule has 0 saturated carbocycles. The summed E-state index contributed by atoms with van der Waals surface area (Å²) in [5.41, 5.74) is 2.31. The van der Waals surface area contributed by atoms with Crippen LogP contribution in [0.25, 0.3) is 10.6 Å². The van der Waals surface area contributed by atoms with Crippen molar-refractivity contribution < 1.29 is 9.53 Å². The van der Waals surface area contributed by atoms with Gasteiger partial charge >= 0.3 is 0 Å². The van der Waals surface area contributed by atoms with Crippen molar-refractivity contribution in [3.63, 3.8) is 0 Å². The Labute approximate surface area is 183 Å². The number of H-pyrrole nitrogens is 1. The summed E-state index contributed by atoms with van der Waals surface area (Å²) >= 11 is 1.77. The number of hydrogen-bond acceptors (Lipinski definition) is 7. The summed E-state index contributed by atoms with van der Waals surface area (Å²) in [5.74, 6) is 0.115. The second-order valence-electron chi connectivity index (χ2n) is 7.92. The summed E-state index contributed by atoms with van der Waals surface area (Å²) in [6.45, 7) is 2.06. The molecule has 2 aliphatic rings. The van der Waals surface area contributed by atoms with Gasteiger partial charge in [-0.25, -0.2) is 5.10 Å². The van der Waals surface area contributed by atoms with E-state index >= 15 is 0 Å². The summed E-state index contributed by atoms with van der Waals surface area (Å²) < 4.78 is 6.34. The molecule has 1 amide bonds. The van der Waals surface area contributed by atoms with Gasteiger partial charge in [-0.05, 0) is 30.5 Å². The lowest BCUT2D eigenvalue weighted by Crippen LogP contribution is -2.48. The van der Waals surface area contributed by atoms with Gasteiger partial charge < -0.3 is 9.64 Å². The zero-order valence-electron chi connectivity index (χ0n) is 17.0. The number of nitrogens with one attached hydrogen (secondary N) is 1. The Hall–Kier alpha value is -2.91. The number of aromatic amines is 1. The van der Waals surface area contributed by atoms with Crippen molar-refractivity contribution in [2.75, 3.05) is 19.7 Å². The van der Waals surface area contributed by atoms with Crippen molar-refractivity contribution >= 4 is 17.2 Å². The third kappa shape index (κ3) is 4.03. The minimum atomic E-state index is -0.318. The highest BCUT2D eigenvalue weighted by molar-refractivity contribution is 7.15. The third-order valence-electron chi connectivity index (χ3n) is 6.08. The van der Waals surface area contributed by atoms with E-state index in [-0.39, 0.29) is 17.1 Å². The fourth-order valence-corrected chi connectivity index (χ4v) is 5.60. The lowest BCUT2D eigenvalue weighted by atomic mass is 9.82. The van der Waals surface area contributed by atoms with E-state index in [0.29, 0.717) is 32.5 Å². The van der Waals surface area contributed by atoms with E-state index in [9.17, 15) is 9.59 Å². The predicted molar refractivity (Wildman–Crippen MR) is 116 cm³/mol. The Morgan fingerprint density at radius 3 is 2.87 bits per heavy atom. The second-order valence-corrected chi connectivity index (χ2v) is 9.06. The van der Waals surface area contributed by atoms with E-state index in [1.165, 1.54) is 16.5 Å². The Bertz CT molecular complexity index is 1120. The molecule has 5 heterocycles. The molecule has 1 saturated heterocycles. The number of thiophene rings is 1. The smallest absolute Gasteiger partial charge is 0.264 e. The van der Waals surface area contributed by atoms with E-state index in [4.69, 9.17) is 4.74 Å². The highest BCUT2D eigenvalue weighted by Crippen LogP contribution is 2.46. The summed E-state index contributed by atoms with van der Waals surface area (Å²) in [7, 11) is 0. The van der Waals surface area contributed by atoms with Gasteiger partial charge in [0.2, 0.25) is 5.91 Å². The lowest BCUT2D eigenvalue weighted by molar-refractivity contribution is -0.140. The van der Waals surface area contributed by atoms with Gasteiger partial charge in [-0.2, -0.15) is 5.10 Å². The van der Waals surface area contributed by atoms with Crippen molar-refractivity contribution in [2.24, 2.45) is 0 Å². The van der Waals surface area contributed by atoms with Crippen molar-refractivity contribution in [2.45, 2.75) is 37.7 Å². The summed E-state index contributed by atoms with van der Waals surface area (Å²) in [4.78, 5) is 36.9. The first-order chi connectivity index (χ1) is 15.1. The van der Waals surface area contributed by atoms with Crippen LogP contribution in [-0.4, -0.2) is 50.7 Å². The number of amides is 1. The standard InChI is InChI=1S/C22H23N5O3S/c28-20-3-1-15(25-26-20)2-4-21(29)27-10-6-22(7-11-27)16-13-19(17-14-23-8-9-24-17)31-18(16)5-12-30-22/h1,3,8-9,13-14H,2,4-7,10-12H2,(H,26,28). The third-order valence-corrected chi connectivity index (χ3v) is 7.30. The number of nitrogens with zero attached hydrogens (tertiary/aromatic N) is 4. The molecule has 2 aliphatic heterocycles. The molecule has 0 bridgehead atoms. The summed E-state index contributed by atoms with van der Waals surface area (Å²) in [5, 5.41) is 6.39. The molecule has 9 heteroatoms. The van der Waals surface area contributed by atoms with Gasteiger partial charge in [0.15, 0.2) is 0 Å². The Morgan fingerprint density at radius 1 is 1.26 bits per heavy atom. The maximum Gasteiger partial charge on any atom is 0.264 e. The number of aryl methyl sites for hydroxylation is 1. The average Bonchev–Trinajstić information content (AvgIpc) is 3.26. The number of rotatable bonds is 4. The molecule has 5 rings (SSSR count). The van der Waals surface area contributed by atoms with Gasteiger partial charge in [0.25, 0.3) is 5.56 Å². The minimum Gasteiger partial charge on any atom is -0.370 e. The number of fused-ring (bicyclic) bond motifs is 2. The molecule has 3 aromatic rings. The van der Waals surface area contributed by atoms with Crippen molar-refractivity contribution in [3.05, 3.63) is 63.3 Å². The van der Waals surface area contributed by atoms with Crippen LogP contribution in [0.3, 0.4) is 0 Å². The van der Waals surface area contributed by atoms with Crippen LogP contribution in [0.15, 0.2) is 41.6 Å². The van der Waals surface area contributed by atoms with Crippen molar-refractivity contribution in [1.82, 2.24) is 25.1 Å². The minimum absolute atomic E-state index is 0.115. The zero-order chi connectivity index (χ0) is 21.3. The van der Waals surface area contributed by atoms with Gasteiger partial charge in [0, 0.05) is 55.7 Å². The van der Waals surface area contributed by atoms with Crippen LogP contribution in [0.2, 0.25) is 0 Å². The number of carbonyl (C=O) groups is 1. The highest BCUT2D eigenvalue weighted by Gasteiger charge is 2.42. The normalized spacial score (nSPS) is 17.5. The Balaban J connectivity index is 1.26. The number of aromatic nitrogens is 4. The first-order valence-corrected chi connectivity index (χ1v) is 11.3. The molecule has 160 valence electrons. The van der Waals surface area contributed by atoms with Gasteiger partial charge in [0.1, 0.15) is 0 Å². The molecule has 0 unspecified atom stereocenters. The van der Waals surface area contributed by atoms with Gasteiger partial charge in [-0.3, -0.25) is 19.6 Å². The van der Waals surface area contributed by atoms with Crippen LogP contribution in [-0.2, 0) is 28.0 Å². The van der Waals surface area contributed by atoms with Crippen LogP contribution in [0.1, 0.15) is 35.4 Å². The van der Waals surface area contributed by atoms with Gasteiger partial charge in [-0.15, -0.1) is 11.3 Å². The zero-order valence-corrected chi connectivity index (χ0v) is 17.9. The molecule has 1 spiro atoms. The SMILES string of the molecule is O=C(CCc1ccc(=O)[nH]n1)N1CCC2(CC1)OCCc1sc(-c3cnccn3)cc12. The van der Waals surface area contributed by atoms with Gasteiger partial charge in [-0.1, -0.05) is 0 Å². The van der Waals surface area contributed by atoms with E-state index in [0.717, 1.165) is 35.5 Å². The fraction of sp³-hybridized carbons (Fsp3) is 0.409. The topological polar surface area (TPSA) is 101 Å². The van der Waals surface area contributed by atoms with E-state index in [1.54, 1.807) is 36.0 Å². The Morgan fingerprint density at radius 2 is 2.13 bits per heavy atom. The first kappa shape index (κ1) is 20.0. The number of carbonyl (C=O) groups excluding carboxylic acids is 1. The van der Waals surface area contributed by atoms with Crippen molar-refractivity contribution in [3.8, 4) is 10.6 Å². The Kier molecular flexibility index (Phi) is 5.37. The molecule has 1 fully saturated rings. The predicted octanol–water partition coefficient (Wildman–Crippen LogP) is 2.31. The second kappa shape index (κ2) is 8.32. The van der Waals surface area contributed by atoms with Crippen LogP contribution < -0.4 is 5.56 Å². The monoisotopic (exact) mass is 437 g/mol. The number of hydrogen-bond donors (Lipinski definition) is 1. The number of ether oxygens (including phenoxy) is 1. The number of likely N-dealkylation sites (tertiary alicyclic amines) is 1. The first-order valence-electron chi connectivity index (χ1n) is 10.5.